The number of carbonyl (C=O) groups excluding carboxylic acids is 1. The largest absolute Gasteiger partial charge is 0.393 e. The van der Waals surface area contributed by atoms with Gasteiger partial charge in [0, 0.05) is 25.2 Å². The third kappa shape index (κ3) is 2.91. The summed E-state index contributed by atoms with van der Waals surface area (Å²) in [6, 6.07) is 3.22. The first-order valence-electron chi connectivity index (χ1n) is 5.92. The second kappa shape index (κ2) is 5.54. The molecule has 2 atom stereocenters. The smallest absolute Gasteiger partial charge is 0.321 e. The standard InChI is InChI=1S/C12H16ClN3O2/c1-8(17)9-4-6-16(7-9)12(18)15-10-3-2-5-14-11(10)13/h2-3,5,8-9,17H,4,6-7H2,1H3,(H,15,18). The second-order valence-corrected chi connectivity index (χ2v) is 4.87. The molecule has 2 heterocycles. The van der Waals surface area contributed by atoms with Crippen molar-refractivity contribution in [3.8, 4) is 0 Å². The molecule has 0 spiro atoms. The highest BCUT2D eigenvalue weighted by Crippen LogP contribution is 2.22. The molecule has 2 N–H and O–H groups in total. The number of hydrogen-bond donors (Lipinski definition) is 2. The zero-order valence-corrected chi connectivity index (χ0v) is 10.9. The number of hydrogen-bond acceptors (Lipinski definition) is 3. The van der Waals surface area contributed by atoms with E-state index in [1.807, 2.05) is 0 Å². The van der Waals surface area contributed by atoms with E-state index in [4.69, 9.17) is 11.6 Å². The van der Waals surface area contributed by atoms with Gasteiger partial charge in [0.2, 0.25) is 0 Å². The van der Waals surface area contributed by atoms with E-state index in [0.29, 0.717) is 18.8 Å². The van der Waals surface area contributed by atoms with Gasteiger partial charge in [-0.15, -0.1) is 0 Å². The van der Waals surface area contributed by atoms with Crippen molar-refractivity contribution in [2.45, 2.75) is 19.4 Å². The maximum absolute atomic E-state index is 12.0. The van der Waals surface area contributed by atoms with Crippen LogP contribution in [0, 0.1) is 5.92 Å². The number of urea groups is 1. The number of halogens is 1. The average Bonchev–Trinajstić information content (AvgIpc) is 2.81. The van der Waals surface area contributed by atoms with Crippen molar-refractivity contribution >= 4 is 23.3 Å². The normalized spacial score (nSPS) is 20.8. The van der Waals surface area contributed by atoms with E-state index in [2.05, 4.69) is 10.3 Å². The zero-order valence-electron chi connectivity index (χ0n) is 10.1. The first kappa shape index (κ1) is 13.1. The average molecular weight is 270 g/mol. The van der Waals surface area contributed by atoms with Crippen LogP contribution in [0.2, 0.25) is 5.15 Å². The Kier molecular flexibility index (Phi) is 4.04. The van der Waals surface area contributed by atoms with Gasteiger partial charge in [-0.3, -0.25) is 0 Å². The molecule has 0 bridgehead atoms. The molecule has 2 rings (SSSR count). The Balaban J connectivity index is 1.96. The molecular formula is C12H16ClN3O2. The number of aliphatic hydroxyl groups excluding tert-OH is 1. The molecule has 0 saturated carbocycles. The summed E-state index contributed by atoms with van der Waals surface area (Å²) in [7, 11) is 0. The van der Waals surface area contributed by atoms with Crippen LogP contribution in [0.15, 0.2) is 18.3 Å². The lowest BCUT2D eigenvalue weighted by Gasteiger charge is -2.18. The molecule has 0 radical (unpaired) electrons. The molecule has 1 fully saturated rings. The summed E-state index contributed by atoms with van der Waals surface area (Å²) in [6.07, 6.45) is 2.01. The van der Waals surface area contributed by atoms with E-state index >= 15 is 0 Å². The predicted molar refractivity (Wildman–Crippen MR) is 69.6 cm³/mol. The van der Waals surface area contributed by atoms with Crippen molar-refractivity contribution in [1.29, 1.82) is 0 Å². The first-order valence-corrected chi connectivity index (χ1v) is 6.30. The summed E-state index contributed by atoms with van der Waals surface area (Å²) in [6.45, 7) is 2.98. The van der Waals surface area contributed by atoms with Crippen LogP contribution >= 0.6 is 11.6 Å². The van der Waals surface area contributed by atoms with Crippen LogP contribution in [0.5, 0.6) is 0 Å². The number of carbonyl (C=O) groups is 1. The number of nitrogens with zero attached hydrogens (tertiary/aromatic N) is 2. The van der Waals surface area contributed by atoms with Crippen molar-refractivity contribution in [3.63, 3.8) is 0 Å². The molecule has 0 aliphatic carbocycles. The van der Waals surface area contributed by atoms with Gasteiger partial charge in [0.05, 0.1) is 11.8 Å². The monoisotopic (exact) mass is 269 g/mol. The van der Waals surface area contributed by atoms with Gasteiger partial charge in [-0.2, -0.15) is 0 Å². The number of likely N-dealkylation sites (tertiary alicyclic amines) is 1. The molecule has 1 aromatic rings. The summed E-state index contributed by atoms with van der Waals surface area (Å²) in [5, 5.41) is 12.5. The quantitative estimate of drug-likeness (QED) is 0.807. The molecule has 2 unspecified atom stereocenters. The minimum Gasteiger partial charge on any atom is -0.393 e. The SMILES string of the molecule is CC(O)C1CCN(C(=O)Nc2cccnc2Cl)C1. The Hall–Kier alpha value is -1.33. The van der Waals surface area contributed by atoms with E-state index in [1.54, 1.807) is 30.2 Å². The molecular weight excluding hydrogens is 254 g/mol. The molecule has 0 aromatic carbocycles. The molecule has 18 heavy (non-hydrogen) atoms. The highest BCUT2D eigenvalue weighted by molar-refractivity contribution is 6.32. The Morgan fingerprint density at radius 3 is 3.11 bits per heavy atom. The lowest BCUT2D eigenvalue weighted by atomic mass is 10.0. The lowest BCUT2D eigenvalue weighted by molar-refractivity contribution is 0.130. The molecule has 2 amide bonds. The fourth-order valence-electron chi connectivity index (χ4n) is 2.04. The number of anilines is 1. The van der Waals surface area contributed by atoms with Gasteiger partial charge in [0.25, 0.3) is 0 Å². The zero-order chi connectivity index (χ0) is 13.1. The molecule has 1 aliphatic heterocycles. The fraction of sp³-hybridized carbons (Fsp3) is 0.500. The van der Waals surface area contributed by atoms with E-state index in [0.717, 1.165) is 6.42 Å². The van der Waals surface area contributed by atoms with Gasteiger partial charge < -0.3 is 15.3 Å². The number of pyridine rings is 1. The van der Waals surface area contributed by atoms with Crippen LogP contribution in [0.1, 0.15) is 13.3 Å². The van der Waals surface area contributed by atoms with E-state index in [1.165, 1.54) is 0 Å². The predicted octanol–water partition coefficient (Wildman–Crippen LogP) is 1.97. The van der Waals surface area contributed by atoms with Crippen molar-refractivity contribution in [2.24, 2.45) is 5.92 Å². The third-order valence-corrected chi connectivity index (χ3v) is 3.50. The molecule has 1 saturated heterocycles. The molecule has 1 aromatic heterocycles. The summed E-state index contributed by atoms with van der Waals surface area (Å²) < 4.78 is 0. The summed E-state index contributed by atoms with van der Waals surface area (Å²) in [5.74, 6) is 0.153. The van der Waals surface area contributed by atoms with Gasteiger partial charge in [-0.25, -0.2) is 9.78 Å². The van der Waals surface area contributed by atoms with Crippen LogP contribution in [-0.2, 0) is 0 Å². The number of aliphatic hydroxyl groups is 1. The van der Waals surface area contributed by atoms with Crippen LogP contribution in [0.25, 0.3) is 0 Å². The highest BCUT2D eigenvalue weighted by Gasteiger charge is 2.29. The van der Waals surface area contributed by atoms with Crippen LogP contribution in [0.3, 0.4) is 0 Å². The van der Waals surface area contributed by atoms with Crippen LogP contribution in [0.4, 0.5) is 10.5 Å². The minimum atomic E-state index is -0.384. The Morgan fingerprint density at radius 2 is 2.50 bits per heavy atom. The van der Waals surface area contributed by atoms with E-state index < -0.39 is 0 Å². The molecule has 1 aliphatic rings. The Labute approximate surface area is 111 Å². The molecule has 98 valence electrons. The van der Waals surface area contributed by atoms with Gasteiger partial charge in [0.1, 0.15) is 0 Å². The molecule has 5 nitrogen and oxygen atoms in total. The topological polar surface area (TPSA) is 65.5 Å². The maximum atomic E-state index is 12.0. The van der Waals surface area contributed by atoms with E-state index in [-0.39, 0.29) is 23.2 Å². The van der Waals surface area contributed by atoms with Crippen molar-refractivity contribution < 1.29 is 9.90 Å². The lowest BCUT2D eigenvalue weighted by Crippen LogP contribution is -2.34. The highest BCUT2D eigenvalue weighted by atomic mass is 35.5. The fourth-order valence-corrected chi connectivity index (χ4v) is 2.21. The Morgan fingerprint density at radius 1 is 1.72 bits per heavy atom. The number of amides is 2. The van der Waals surface area contributed by atoms with Crippen molar-refractivity contribution in [3.05, 3.63) is 23.5 Å². The summed E-state index contributed by atoms with van der Waals surface area (Å²) in [4.78, 5) is 17.6. The maximum Gasteiger partial charge on any atom is 0.321 e. The van der Waals surface area contributed by atoms with Gasteiger partial charge in [-0.1, -0.05) is 11.6 Å². The third-order valence-electron chi connectivity index (χ3n) is 3.19. The molecule has 6 heteroatoms. The Bertz CT molecular complexity index is 439. The summed E-state index contributed by atoms with van der Waals surface area (Å²) >= 11 is 5.87. The van der Waals surface area contributed by atoms with Crippen LogP contribution in [-0.4, -0.2) is 40.2 Å². The van der Waals surface area contributed by atoms with Gasteiger partial charge in [-0.05, 0) is 25.5 Å². The number of nitrogens with one attached hydrogen (secondary N) is 1. The van der Waals surface area contributed by atoms with Gasteiger partial charge >= 0.3 is 6.03 Å². The summed E-state index contributed by atoms with van der Waals surface area (Å²) in [5.41, 5.74) is 0.504. The van der Waals surface area contributed by atoms with Crippen molar-refractivity contribution in [1.82, 2.24) is 9.88 Å². The minimum absolute atomic E-state index is 0.153. The second-order valence-electron chi connectivity index (χ2n) is 4.51. The van der Waals surface area contributed by atoms with Gasteiger partial charge in [0.15, 0.2) is 5.15 Å². The van der Waals surface area contributed by atoms with Crippen molar-refractivity contribution in [2.75, 3.05) is 18.4 Å². The number of aromatic nitrogens is 1. The first-order chi connectivity index (χ1) is 8.58. The van der Waals surface area contributed by atoms with E-state index in [9.17, 15) is 9.90 Å². The van der Waals surface area contributed by atoms with Crippen LogP contribution < -0.4 is 5.32 Å². The number of rotatable bonds is 2.